The van der Waals surface area contributed by atoms with Crippen molar-refractivity contribution in [2.24, 2.45) is 0 Å². The molecule has 0 spiro atoms. The number of benzene rings is 2. The number of nitrogens with two attached hydrogens (primary N) is 1. The van der Waals surface area contributed by atoms with Crippen LogP contribution in [-0.4, -0.2) is 12.9 Å². The molecule has 0 aliphatic heterocycles. The number of hydrogen-bond acceptors (Lipinski definition) is 3. The number of aryl methyl sites for hydroxylation is 1. The highest BCUT2D eigenvalue weighted by molar-refractivity contribution is 9.10. The van der Waals surface area contributed by atoms with Gasteiger partial charge in [-0.15, -0.1) is 0 Å². The van der Waals surface area contributed by atoms with E-state index in [-0.39, 0.29) is 21.5 Å². The number of rotatable bonds is 3. The number of ketones is 1. The van der Waals surface area contributed by atoms with E-state index in [1.165, 1.54) is 19.2 Å². The van der Waals surface area contributed by atoms with Gasteiger partial charge in [-0.2, -0.15) is 0 Å². The maximum atomic E-state index is 12.6. The second-order valence-corrected chi connectivity index (χ2v) is 6.13. The second-order valence-electron chi connectivity index (χ2n) is 4.49. The van der Waals surface area contributed by atoms with Crippen LogP contribution in [0.3, 0.4) is 0 Å². The summed E-state index contributed by atoms with van der Waals surface area (Å²) in [7, 11) is 1.52. The van der Waals surface area contributed by atoms with Crippen molar-refractivity contribution in [2.75, 3.05) is 12.8 Å². The molecule has 0 saturated heterocycles. The van der Waals surface area contributed by atoms with E-state index in [4.69, 9.17) is 33.7 Å². The number of nitrogen functional groups attached to an aromatic ring is 1. The minimum absolute atomic E-state index is 0.238. The van der Waals surface area contributed by atoms with Crippen molar-refractivity contribution in [1.82, 2.24) is 0 Å². The van der Waals surface area contributed by atoms with Crippen LogP contribution in [0.2, 0.25) is 10.0 Å². The standard InChI is InChI=1S/C15H12BrCl2NO2/c1-7-3-13(21-2)9(6-10(7)16)15(20)8-4-11(17)14(18)12(19)5-8/h3-6H,19H2,1-2H3. The minimum atomic E-state index is -0.238. The Kier molecular flexibility index (Phi) is 4.81. The molecule has 2 N–H and O–H groups in total. The van der Waals surface area contributed by atoms with Crippen molar-refractivity contribution < 1.29 is 9.53 Å². The Morgan fingerprint density at radius 3 is 2.48 bits per heavy atom. The van der Waals surface area contributed by atoms with Crippen molar-refractivity contribution in [2.45, 2.75) is 6.92 Å². The zero-order valence-electron chi connectivity index (χ0n) is 11.3. The predicted molar refractivity (Wildman–Crippen MR) is 89.7 cm³/mol. The summed E-state index contributed by atoms with van der Waals surface area (Å²) in [5, 5.41) is 0.482. The smallest absolute Gasteiger partial charge is 0.196 e. The van der Waals surface area contributed by atoms with Crippen molar-refractivity contribution >= 4 is 50.6 Å². The lowest BCUT2D eigenvalue weighted by Crippen LogP contribution is -2.06. The Hall–Kier alpha value is -1.23. The summed E-state index contributed by atoms with van der Waals surface area (Å²) in [6.45, 7) is 1.91. The first kappa shape index (κ1) is 16.1. The number of hydrogen-bond donors (Lipinski definition) is 1. The van der Waals surface area contributed by atoms with Gasteiger partial charge in [-0.1, -0.05) is 39.1 Å². The van der Waals surface area contributed by atoms with Crippen molar-refractivity contribution in [1.29, 1.82) is 0 Å². The van der Waals surface area contributed by atoms with Gasteiger partial charge in [0.15, 0.2) is 5.78 Å². The molecule has 110 valence electrons. The van der Waals surface area contributed by atoms with Gasteiger partial charge >= 0.3 is 0 Å². The number of halogens is 3. The first-order chi connectivity index (χ1) is 9.85. The van der Waals surface area contributed by atoms with Crippen LogP contribution in [0.4, 0.5) is 5.69 Å². The lowest BCUT2D eigenvalue weighted by atomic mass is 10.0. The van der Waals surface area contributed by atoms with Gasteiger partial charge in [0.25, 0.3) is 0 Å². The number of methoxy groups -OCH3 is 1. The first-order valence-corrected chi connectivity index (χ1v) is 7.53. The van der Waals surface area contributed by atoms with Crippen LogP contribution < -0.4 is 10.5 Å². The van der Waals surface area contributed by atoms with Crippen molar-refractivity contribution in [3.05, 3.63) is 55.5 Å². The van der Waals surface area contributed by atoms with Gasteiger partial charge in [-0.05, 0) is 36.8 Å². The molecule has 0 aliphatic carbocycles. The average molecular weight is 389 g/mol. The van der Waals surface area contributed by atoms with E-state index in [2.05, 4.69) is 15.9 Å². The summed E-state index contributed by atoms with van der Waals surface area (Å²) >= 11 is 15.3. The minimum Gasteiger partial charge on any atom is -0.496 e. The fourth-order valence-corrected chi connectivity index (χ4v) is 2.58. The summed E-state index contributed by atoms with van der Waals surface area (Å²) in [5.41, 5.74) is 7.77. The number of anilines is 1. The monoisotopic (exact) mass is 387 g/mol. The van der Waals surface area contributed by atoms with E-state index in [0.29, 0.717) is 16.9 Å². The third-order valence-corrected chi connectivity index (χ3v) is 4.71. The molecule has 0 amide bonds. The Morgan fingerprint density at radius 1 is 1.24 bits per heavy atom. The highest BCUT2D eigenvalue weighted by Gasteiger charge is 2.18. The molecule has 3 nitrogen and oxygen atoms in total. The zero-order valence-corrected chi connectivity index (χ0v) is 14.4. The van der Waals surface area contributed by atoms with E-state index in [1.807, 2.05) is 6.92 Å². The molecular weight excluding hydrogens is 377 g/mol. The predicted octanol–water partition coefficient (Wildman–Crippen LogP) is 4.89. The SMILES string of the molecule is COc1cc(C)c(Br)cc1C(=O)c1cc(N)c(Cl)c(Cl)c1. The molecule has 0 atom stereocenters. The van der Waals surface area contributed by atoms with Crippen LogP contribution in [0.15, 0.2) is 28.7 Å². The van der Waals surface area contributed by atoms with Crippen LogP contribution in [0.25, 0.3) is 0 Å². The number of carbonyl (C=O) groups is 1. The summed E-state index contributed by atoms with van der Waals surface area (Å²) in [5.74, 6) is 0.253. The van der Waals surface area contributed by atoms with Crippen LogP contribution >= 0.6 is 39.1 Å². The van der Waals surface area contributed by atoms with E-state index in [1.54, 1.807) is 12.1 Å². The van der Waals surface area contributed by atoms with E-state index in [9.17, 15) is 4.79 Å². The van der Waals surface area contributed by atoms with Crippen LogP contribution in [-0.2, 0) is 0 Å². The highest BCUT2D eigenvalue weighted by atomic mass is 79.9. The first-order valence-electron chi connectivity index (χ1n) is 5.98. The lowest BCUT2D eigenvalue weighted by molar-refractivity contribution is 0.103. The van der Waals surface area contributed by atoms with Crippen molar-refractivity contribution in [3.63, 3.8) is 0 Å². The fourth-order valence-electron chi connectivity index (χ4n) is 1.90. The van der Waals surface area contributed by atoms with Gasteiger partial charge in [-0.3, -0.25) is 4.79 Å². The van der Waals surface area contributed by atoms with Gasteiger partial charge in [0, 0.05) is 10.0 Å². The summed E-state index contributed by atoms with van der Waals surface area (Å²) in [6, 6.07) is 6.51. The second kappa shape index (κ2) is 6.26. The van der Waals surface area contributed by atoms with Gasteiger partial charge < -0.3 is 10.5 Å². The Balaban J connectivity index is 2.57. The zero-order chi connectivity index (χ0) is 15.7. The molecule has 6 heteroatoms. The van der Waals surface area contributed by atoms with Gasteiger partial charge in [-0.25, -0.2) is 0 Å². The molecule has 0 fully saturated rings. The van der Waals surface area contributed by atoms with E-state index in [0.717, 1.165) is 10.0 Å². The topological polar surface area (TPSA) is 52.3 Å². The fraction of sp³-hybridized carbons (Fsp3) is 0.133. The van der Waals surface area contributed by atoms with Crippen LogP contribution in [0, 0.1) is 6.92 Å². The molecule has 0 aliphatic rings. The molecule has 2 aromatic rings. The summed E-state index contributed by atoms with van der Waals surface area (Å²) in [6.07, 6.45) is 0. The molecule has 0 heterocycles. The normalized spacial score (nSPS) is 10.5. The third-order valence-electron chi connectivity index (χ3n) is 3.04. The molecule has 2 aromatic carbocycles. The van der Waals surface area contributed by atoms with E-state index >= 15 is 0 Å². The highest BCUT2D eigenvalue weighted by Crippen LogP contribution is 2.33. The molecule has 0 radical (unpaired) electrons. The quantitative estimate of drug-likeness (QED) is 0.601. The molecule has 0 unspecified atom stereocenters. The molecule has 0 saturated carbocycles. The number of ether oxygens (including phenoxy) is 1. The lowest BCUT2D eigenvalue weighted by Gasteiger charge is -2.11. The molecular formula is C15H12BrCl2NO2. The largest absolute Gasteiger partial charge is 0.496 e. The van der Waals surface area contributed by atoms with Crippen LogP contribution in [0.1, 0.15) is 21.5 Å². The van der Waals surface area contributed by atoms with Crippen LogP contribution in [0.5, 0.6) is 5.75 Å². The van der Waals surface area contributed by atoms with Gasteiger partial charge in [0.1, 0.15) is 5.75 Å². The average Bonchev–Trinajstić information content (AvgIpc) is 2.45. The molecule has 0 aromatic heterocycles. The molecule has 21 heavy (non-hydrogen) atoms. The Bertz CT molecular complexity index is 709. The van der Waals surface area contributed by atoms with E-state index < -0.39 is 0 Å². The molecule has 2 rings (SSSR count). The van der Waals surface area contributed by atoms with Crippen molar-refractivity contribution in [3.8, 4) is 5.75 Å². The Morgan fingerprint density at radius 2 is 1.90 bits per heavy atom. The summed E-state index contributed by atoms with van der Waals surface area (Å²) < 4.78 is 6.10. The third kappa shape index (κ3) is 3.18. The Labute approximate surface area is 141 Å². The maximum absolute atomic E-state index is 12.6. The number of carbonyl (C=O) groups excluding carboxylic acids is 1. The summed E-state index contributed by atoms with van der Waals surface area (Å²) in [4.78, 5) is 12.6. The molecule has 0 bridgehead atoms. The van der Waals surface area contributed by atoms with Gasteiger partial charge in [0.05, 0.1) is 28.4 Å². The maximum Gasteiger partial charge on any atom is 0.196 e. The van der Waals surface area contributed by atoms with Gasteiger partial charge in [0.2, 0.25) is 0 Å².